The molecule has 0 saturated carbocycles. The van der Waals surface area contributed by atoms with Gasteiger partial charge in [0.25, 0.3) is 9.05 Å². The van der Waals surface area contributed by atoms with Crippen molar-refractivity contribution in [3.05, 3.63) is 9.90 Å². The number of hydrogen-bond acceptors (Lipinski definition) is 5. The Morgan fingerprint density at radius 2 is 2.00 bits per heavy atom. The normalized spacial score (nSPS) is 12.3. The Bertz CT molecular complexity index is 563. The Kier molecular flexibility index (Phi) is 4.54. The number of methoxy groups -OCH3 is 1. The summed E-state index contributed by atoms with van der Waals surface area (Å²) in [6, 6.07) is 0. The zero-order valence-corrected chi connectivity index (χ0v) is 12.2. The van der Waals surface area contributed by atoms with Crippen LogP contribution >= 0.6 is 33.3 Å². The molecule has 0 N–H and O–H groups in total. The van der Waals surface area contributed by atoms with Crippen molar-refractivity contribution in [2.45, 2.75) is 11.3 Å². The van der Waals surface area contributed by atoms with Crippen LogP contribution < -0.4 is 9.47 Å². The van der Waals surface area contributed by atoms with Gasteiger partial charge >= 0.3 is 6.36 Å². The molecule has 0 saturated heterocycles. The Hall–Kier alpha value is -0.490. The molecule has 0 atom stereocenters. The van der Waals surface area contributed by atoms with Gasteiger partial charge in [0.1, 0.15) is 3.70 Å². The van der Waals surface area contributed by atoms with Gasteiger partial charge in [-0.3, -0.25) is 0 Å². The van der Waals surface area contributed by atoms with Gasteiger partial charge in [0.2, 0.25) is 0 Å². The summed E-state index contributed by atoms with van der Waals surface area (Å²) >= 11 is 1.42. The highest BCUT2D eigenvalue weighted by Gasteiger charge is 2.37. The van der Waals surface area contributed by atoms with E-state index in [4.69, 9.17) is 10.7 Å². The summed E-state index contributed by atoms with van der Waals surface area (Å²) in [7, 11) is 1.62. The fraction of sp³-hybridized carbons (Fsp3) is 0.286. The molecule has 5 nitrogen and oxygen atoms in total. The lowest BCUT2D eigenvalue weighted by Gasteiger charge is -2.15. The first-order chi connectivity index (χ1) is 8.06. The van der Waals surface area contributed by atoms with Gasteiger partial charge in [-0.15, -0.1) is 13.2 Å². The van der Waals surface area contributed by atoms with Gasteiger partial charge in [-0.1, -0.05) is 0 Å². The van der Waals surface area contributed by atoms with Gasteiger partial charge in [-0.05, 0) is 22.6 Å². The molecule has 0 aliphatic carbocycles. The van der Waals surface area contributed by atoms with Gasteiger partial charge in [0.15, 0.2) is 16.4 Å². The molecule has 0 fully saturated rings. The molecule has 1 aromatic rings. The van der Waals surface area contributed by atoms with E-state index in [1.807, 2.05) is 0 Å². The molecule has 0 bridgehead atoms. The van der Waals surface area contributed by atoms with Crippen LogP contribution in [0.1, 0.15) is 0 Å². The molecular weight excluding hydrogens is 413 g/mol. The molecular formula is C7H4ClF3INO4S. The highest BCUT2D eigenvalue weighted by Crippen LogP contribution is 2.40. The summed E-state index contributed by atoms with van der Waals surface area (Å²) < 4.78 is 67.1. The summed E-state index contributed by atoms with van der Waals surface area (Å²) in [4.78, 5) is 2.67. The second kappa shape index (κ2) is 5.25. The topological polar surface area (TPSA) is 65.5 Å². The molecule has 0 spiro atoms. The Labute approximate surface area is 118 Å². The predicted octanol–water partition coefficient (Wildman–Crippen LogP) is 2.52. The smallest absolute Gasteiger partial charge is 0.491 e. The van der Waals surface area contributed by atoms with Crippen LogP contribution in [0.4, 0.5) is 13.2 Å². The first-order valence-corrected chi connectivity index (χ1v) is 7.38. The Morgan fingerprint density at radius 3 is 2.39 bits per heavy atom. The highest BCUT2D eigenvalue weighted by molar-refractivity contribution is 14.1. The maximum Gasteiger partial charge on any atom is 0.573 e. The minimum absolute atomic E-state index is 0.261. The van der Waals surface area contributed by atoms with Crippen LogP contribution in [0.25, 0.3) is 0 Å². The van der Waals surface area contributed by atoms with Gasteiger partial charge in [0.05, 0.1) is 13.3 Å². The molecule has 0 aliphatic rings. The molecule has 11 heteroatoms. The molecule has 0 aromatic carbocycles. The van der Waals surface area contributed by atoms with E-state index in [0.717, 1.165) is 13.3 Å². The lowest BCUT2D eigenvalue weighted by molar-refractivity contribution is -0.276. The van der Waals surface area contributed by atoms with Crippen molar-refractivity contribution >= 4 is 42.3 Å². The zero-order chi connectivity index (χ0) is 14.1. The van der Waals surface area contributed by atoms with E-state index in [0.29, 0.717) is 0 Å². The van der Waals surface area contributed by atoms with E-state index in [2.05, 4.69) is 14.5 Å². The summed E-state index contributed by atoms with van der Waals surface area (Å²) in [5.41, 5.74) is 0. The Balaban J connectivity index is 3.57. The van der Waals surface area contributed by atoms with Crippen molar-refractivity contribution in [2.24, 2.45) is 0 Å². The van der Waals surface area contributed by atoms with Crippen molar-refractivity contribution < 1.29 is 31.1 Å². The van der Waals surface area contributed by atoms with Crippen LogP contribution in [0.5, 0.6) is 11.5 Å². The number of alkyl halides is 3. The third-order valence-corrected chi connectivity index (χ3v) is 4.11. The highest BCUT2D eigenvalue weighted by atomic mass is 127. The fourth-order valence-corrected chi connectivity index (χ4v) is 3.70. The number of ether oxygens (including phenoxy) is 2. The van der Waals surface area contributed by atoms with E-state index in [-0.39, 0.29) is 3.70 Å². The number of halogens is 5. The third kappa shape index (κ3) is 3.75. The molecule has 0 radical (unpaired) electrons. The van der Waals surface area contributed by atoms with E-state index >= 15 is 0 Å². The molecule has 18 heavy (non-hydrogen) atoms. The van der Waals surface area contributed by atoms with E-state index in [1.54, 1.807) is 0 Å². The quantitative estimate of drug-likeness (QED) is 0.430. The van der Waals surface area contributed by atoms with Crippen molar-refractivity contribution in [3.8, 4) is 11.5 Å². The van der Waals surface area contributed by atoms with Gasteiger partial charge in [-0.25, -0.2) is 13.4 Å². The van der Waals surface area contributed by atoms with Crippen molar-refractivity contribution in [1.82, 2.24) is 4.98 Å². The summed E-state index contributed by atoms with van der Waals surface area (Å²) in [5.74, 6) is -1.54. The molecule has 0 unspecified atom stereocenters. The monoisotopic (exact) mass is 417 g/mol. The van der Waals surface area contributed by atoms with E-state index in [1.165, 1.54) is 22.6 Å². The van der Waals surface area contributed by atoms with Crippen molar-refractivity contribution in [1.29, 1.82) is 0 Å². The lowest BCUT2D eigenvalue weighted by atomic mass is 10.4. The van der Waals surface area contributed by atoms with Crippen LogP contribution in [0.2, 0.25) is 0 Å². The van der Waals surface area contributed by atoms with Crippen LogP contribution in [-0.2, 0) is 9.05 Å². The first-order valence-electron chi connectivity index (χ1n) is 3.99. The summed E-state index contributed by atoms with van der Waals surface area (Å²) in [5, 5.41) is 0. The van der Waals surface area contributed by atoms with Gasteiger partial charge < -0.3 is 9.47 Å². The largest absolute Gasteiger partial charge is 0.573 e. The van der Waals surface area contributed by atoms with Crippen LogP contribution in [0, 0.1) is 3.70 Å². The average molecular weight is 418 g/mol. The van der Waals surface area contributed by atoms with E-state index in [9.17, 15) is 21.6 Å². The number of pyridine rings is 1. The van der Waals surface area contributed by atoms with Crippen LogP contribution in [-0.4, -0.2) is 26.9 Å². The number of rotatable bonds is 3. The maximum atomic E-state index is 12.2. The molecule has 0 aliphatic heterocycles. The lowest BCUT2D eigenvalue weighted by Crippen LogP contribution is -2.19. The second-order valence-corrected chi connectivity index (χ2v) is 6.29. The molecule has 102 valence electrons. The molecule has 0 amide bonds. The number of nitrogens with zero attached hydrogens (tertiary/aromatic N) is 1. The number of aromatic nitrogens is 1. The standard InChI is InChI=1S/C7H4ClF3INO4S/c1-16-3-2-13-6(12)5(18(8,14)15)4(3)17-7(9,10)11/h2H,1H3. The molecule has 1 aromatic heterocycles. The predicted molar refractivity (Wildman–Crippen MR) is 63.2 cm³/mol. The van der Waals surface area contributed by atoms with E-state index < -0.39 is 31.8 Å². The van der Waals surface area contributed by atoms with Crippen molar-refractivity contribution in [2.75, 3.05) is 7.11 Å². The zero-order valence-electron chi connectivity index (χ0n) is 8.46. The summed E-state index contributed by atoms with van der Waals surface area (Å²) in [6.45, 7) is 0. The third-order valence-electron chi connectivity index (χ3n) is 1.59. The van der Waals surface area contributed by atoms with Crippen molar-refractivity contribution in [3.63, 3.8) is 0 Å². The van der Waals surface area contributed by atoms with Crippen LogP contribution in [0.3, 0.4) is 0 Å². The Morgan fingerprint density at radius 1 is 1.44 bits per heavy atom. The minimum atomic E-state index is -5.09. The summed E-state index contributed by atoms with van der Waals surface area (Å²) in [6.07, 6.45) is -4.19. The SMILES string of the molecule is COc1cnc(I)c(S(=O)(=O)Cl)c1OC(F)(F)F. The van der Waals surface area contributed by atoms with Gasteiger partial charge in [-0.2, -0.15) is 0 Å². The van der Waals surface area contributed by atoms with Crippen LogP contribution in [0.15, 0.2) is 11.1 Å². The first kappa shape index (κ1) is 15.6. The van der Waals surface area contributed by atoms with Gasteiger partial charge in [0, 0.05) is 10.7 Å². The molecule has 1 rings (SSSR count). The average Bonchev–Trinajstić information content (AvgIpc) is 2.13. The number of hydrogen-bond donors (Lipinski definition) is 0. The fourth-order valence-electron chi connectivity index (χ4n) is 1.01. The maximum absolute atomic E-state index is 12.2. The minimum Gasteiger partial charge on any atom is -0.491 e. The second-order valence-electron chi connectivity index (χ2n) is 2.76. The molecule has 1 heterocycles.